The van der Waals surface area contributed by atoms with Gasteiger partial charge in [0.2, 0.25) is 0 Å². The quantitative estimate of drug-likeness (QED) is 0.293. The highest BCUT2D eigenvalue weighted by molar-refractivity contribution is 5.66. The maximum Gasteiger partial charge on any atom is 0.303 e. The smallest absolute Gasteiger partial charge is 0.303 e. The molecule has 0 spiro atoms. The van der Waals surface area contributed by atoms with Crippen molar-refractivity contribution >= 4 is 5.97 Å². The van der Waals surface area contributed by atoms with E-state index in [0.29, 0.717) is 32.1 Å². The van der Waals surface area contributed by atoms with Crippen LogP contribution in [0.15, 0.2) is 24.3 Å². The number of hydrogen-bond donors (Lipinski definition) is 4. The Morgan fingerprint density at radius 1 is 1.19 bits per heavy atom. The molecule has 1 aliphatic rings. The topological polar surface area (TPSA) is 107 Å². The van der Waals surface area contributed by atoms with Gasteiger partial charge in [0.15, 0.2) is 0 Å². The van der Waals surface area contributed by atoms with Gasteiger partial charge in [-0.15, -0.1) is 0 Å². The van der Waals surface area contributed by atoms with Crippen molar-refractivity contribution < 1.29 is 30.0 Å². The summed E-state index contributed by atoms with van der Waals surface area (Å²) < 4.78 is 5.73. The van der Waals surface area contributed by atoms with Gasteiger partial charge in [-0.05, 0) is 25.7 Å². The Morgan fingerprint density at radius 3 is 2.65 bits per heavy atom. The summed E-state index contributed by atoms with van der Waals surface area (Å²) in [5.74, 6) is -0.798. The molecule has 0 aromatic heterocycles. The number of rotatable bonds is 13. The fourth-order valence-electron chi connectivity index (χ4n) is 2.98. The molecule has 1 fully saturated rings. The summed E-state index contributed by atoms with van der Waals surface area (Å²) in [5, 5.41) is 38.7. The molecule has 0 bridgehead atoms. The average Bonchev–Trinajstić information content (AvgIpc) is 2.97. The van der Waals surface area contributed by atoms with Crippen molar-refractivity contribution in [1.82, 2.24) is 0 Å². The Labute approximate surface area is 156 Å². The zero-order valence-electron chi connectivity index (χ0n) is 15.7. The molecule has 6 heteroatoms. The molecule has 6 nitrogen and oxygen atoms in total. The van der Waals surface area contributed by atoms with E-state index < -0.39 is 30.4 Å². The lowest BCUT2D eigenvalue weighted by Crippen LogP contribution is -2.24. The van der Waals surface area contributed by atoms with E-state index in [1.807, 2.05) is 12.2 Å². The van der Waals surface area contributed by atoms with Crippen molar-refractivity contribution in [2.24, 2.45) is 0 Å². The van der Waals surface area contributed by atoms with Crippen LogP contribution in [0.5, 0.6) is 0 Å². The zero-order chi connectivity index (χ0) is 19.4. The van der Waals surface area contributed by atoms with Crippen molar-refractivity contribution in [2.45, 2.75) is 95.2 Å². The lowest BCUT2D eigenvalue weighted by molar-refractivity contribution is -0.137. The maximum atomic E-state index is 10.4. The maximum absolute atomic E-state index is 10.4. The van der Waals surface area contributed by atoms with E-state index in [9.17, 15) is 20.1 Å². The molecule has 0 amide bonds. The largest absolute Gasteiger partial charge is 0.481 e. The molecular weight excluding hydrogens is 336 g/mol. The molecule has 1 heterocycles. The van der Waals surface area contributed by atoms with Gasteiger partial charge in [0.25, 0.3) is 0 Å². The first kappa shape index (κ1) is 22.8. The molecule has 1 rings (SSSR count). The summed E-state index contributed by atoms with van der Waals surface area (Å²) in [6, 6.07) is 0. The van der Waals surface area contributed by atoms with E-state index in [2.05, 4.69) is 6.92 Å². The molecule has 0 aliphatic carbocycles. The van der Waals surface area contributed by atoms with Gasteiger partial charge in [-0.25, -0.2) is 0 Å². The van der Waals surface area contributed by atoms with E-state index in [4.69, 9.17) is 9.84 Å². The van der Waals surface area contributed by atoms with Gasteiger partial charge < -0.3 is 25.2 Å². The minimum absolute atomic E-state index is 0.151. The Bertz CT molecular complexity index is 448. The highest BCUT2D eigenvalue weighted by Gasteiger charge is 2.36. The molecule has 0 unspecified atom stereocenters. The summed E-state index contributed by atoms with van der Waals surface area (Å²) in [7, 11) is 0. The number of carbonyl (C=O) groups is 1. The molecule has 1 aliphatic heterocycles. The van der Waals surface area contributed by atoms with E-state index in [0.717, 1.165) is 19.3 Å². The second kappa shape index (κ2) is 13.0. The monoisotopic (exact) mass is 370 g/mol. The van der Waals surface area contributed by atoms with Gasteiger partial charge in [-0.2, -0.15) is 0 Å². The number of carboxylic acids is 1. The minimum atomic E-state index is -0.852. The number of aliphatic carboxylic acids is 1. The fourth-order valence-corrected chi connectivity index (χ4v) is 2.98. The first-order valence-corrected chi connectivity index (χ1v) is 9.68. The van der Waals surface area contributed by atoms with Crippen molar-refractivity contribution in [3.05, 3.63) is 24.3 Å². The number of carboxylic acid groups (broad SMARTS) is 1. The van der Waals surface area contributed by atoms with Crippen molar-refractivity contribution in [2.75, 3.05) is 0 Å². The Hall–Kier alpha value is -1.21. The SMILES string of the molecule is CCCCC[C@H](O)/C=C/[C@H](O)[C@H]1C[C@H](O)[C@@H](C/C=C\CCCC(=O)O)O1. The normalized spacial score (nSPS) is 25.9. The minimum Gasteiger partial charge on any atom is -0.481 e. The van der Waals surface area contributed by atoms with Crippen LogP contribution in [0, 0.1) is 0 Å². The number of aliphatic hydroxyl groups is 3. The van der Waals surface area contributed by atoms with E-state index >= 15 is 0 Å². The van der Waals surface area contributed by atoms with Crippen molar-refractivity contribution in [3.63, 3.8) is 0 Å². The van der Waals surface area contributed by atoms with Gasteiger partial charge in [0, 0.05) is 12.8 Å². The molecule has 5 atom stereocenters. The lowest BCUT2D eigenvalue weighted by Gasteiger charge is -2.16. The van der Waals surface area contributed by atoms with Gasteiger partial charge in [0.05, 0.1) is 30.5 Å². The molecule has 1 saturated heterocycles. The van der Waals surface area contributed by atoms with Crippen LogP contribution >= 0.6 is 0 Å². The predicted molar refractivity (Wildman–Crippen MR) is 99.8 cm³/mol. The van der Waals surface area contributed by atoms with Crippen LogP contribution in [0.3, 0.4) is 0 Å². The van der Waals surface area contributed by atoms with Gasteiger partial charge in [-0.3, -0.25) is 4.79 Å². The predicted octanol–water partition coefficient (Wildman–Crippen LogP) is 2.56. The number of allylic oxidation sites excluding steroid dienone is 1. The van der Waals surface area contributed by atoms with Crippen LogP contribution in [0.1, 0.15) is 64.7 Å². The number of ether oxygens (including phenoxy) is 1. The fraction of sp³-hybridized carbons (Fsp3) is 0.750. The lowest BCUT2D eigenvalue weighted by atomic mass is 10.0. The third-order valence-electron chi connectivity index (χ3n) is 4.56. The average molecular weight is 370 g/mol. The first-order chi connectivity index (χ1) is 12.4. The zero-order valence-corrected chi connectivity index (χ0v) is 15.7. The van der Waals surface area contributed by atoms with Gasteiger partial charge in [-0.1, -0.05) is 50.5 Å². The number of unbranched alkanes of at least 4 members (excludes halogenated alkanes) is 3. The summed E-state index contributed by atoms with van der Waals surface area (Å²) >= 11 is 0. The summed E-state index contributed by atoms with van der Waals surface area (Å²) in [6.45, 7) is 2.11. The summed E-state index contributed by atoms with van der Waals surface area (Å²) in [6.07, 6.45) is 10.2. The molecule has 150 valence electrons. The first-order valence-electron chi connectivity index (χ1n) is 9.68. The van der Waals surface area contributed by atoms with Crippen molar-refractivity contribution in [3.8, 4) is 0 Å². The molecule has 0 radical (unpaired) electrons. The standard InChI is InChI=1S/C20H34O6/c1-2-3-6-9-15(21)12-13-16(22)19-14-17(23)18(26-19)10-7-4-5-8-11-20(24)25/h4,7,12-13,15-19,21-23H,2-3,5-6,8-11,14H2,1H3,(H,24,25)/b7-4-,13-12+/t15-,16-,17-,18+,19+/m0/s1. The molecule has 4 N–H and O–H groups in total. The van der Waals surface area contributed by atoms with Crippen LogP contribution in [0.2, 0.25) is 0 Å². The molecular formula is C20H34O6. The summed E-state index contributed by atoms with van der Waals surface area (Å²) in [5.41, 5.74) is 0. The van der Waals surface area contributed by atoms with Crippen molar-refractivity contribution in [1.29, 1.82) is 0 Å². The number of aliphatic hydroxyl groups excluding tert-OH is 3. The van der Waals surface area contributed by atoms with Crippen LogP contribution in [0.25, 0.3) is 0 Å². The van der Waals surface area contributed by atoms with Crippen LogP contribution in [-0.2, 0) is 9.53 Å². The van der Waals surface area contributed by atoms with Gasteiger partial charge >= 0.3 is 5.97 Å². The highest BCUT2D eigenvalue weighted by Crippen LogP contribution is 2.26. The van der Waals surface area contributed by atoms with Crippen LogP contribution in [0.4, 0.5) is 0 Å². The highest BCUT2D eigenvalue weighted by atomic mass is 16.5. The third-order valence-corrected chi connectivity index (χ3v) is 4.56. The van der Waals surface area contributed by atoms with Crippen LogP contribution < -0.4 is 0 Å². The van der Waals surface area contributed by atoms with Crippen LogP contribution in [-0.4, -0.2) is 56.9 Å². The number of hydrogen-bond acceptors (Lipinski definition) is 5. The Kier molecular flexibility index (Phi) is 11.4. The summed E-state index contributed by atoms with van der Waals surface area (Å²) in [4.78, 5) is 10.4. The van der Waals surface area contributed by atoms with E-state index in [1.54, 1.807) is 12.2 Å². The van der Waals surface area contributed by atoms with E-state index in [1.165, 1.54) is 0 Å². The van der Waals surface area contributed by atoms with E-state index in [-0.39, 0.29) is 12.5 Å². The molecule has 0 aromatic rings. The molecule has 26 heavy (non-hydrogen) atoms. The molecule has 0 saturated carbocycles. The second-order valence-corrected chi connectivity index (χ2v) is 6.95. The second-order valence-electron chi connectivity index (χ2n) is 6.95. The third kappa shape index (κ3) is 9.48. The van der Waals surface area contributed by atoms with Gasteiger partial charge in [0.1, 0.15) is 0 Å². The Balaban J connectivity index is 2.30. The Morgan fingerprint density at radius 2 is 1.96 bits per heavy atom. The molecule has 0 aromatic carbocycles.